The molecule has 2 nitrogen and oxygen atoms in total. The first-order valence-corrected chi connectivity index (χ1v) is 6.42. The summed E-state index contributed by atoms with van der Waals surface area (Å²) in [5.41, 5.74) is 6.32. The molecular weight excluding hydrogens is 259 g/mol. The third kappa shape index (κ3) is 2.34. The Hall–Kier alpha value is -0.970. The summed E-state index contributed by atoms with van der Waals surface area (Å²) in [7, 11) is 0. The maximum atomic E-state index is 12.9. The Balaban J connectivity index is 2.47. The number of aromatic nitrogens is 1. The van der Waals surface area contributed by atoms with Crippen molar-refractivity contribution in [2.24, 2.45) is 5.73 Å². The van der Waals surface area contributed by atoms with Gasteiger partial charge in [-0.3, -0.25) is 4.98 Å². The Labute approximate surface area is 108 Å². The van der Waals surface area contributed by atoms with E-state index in [9.17, 15) is 4.39 Å². The van der Waals surface area contributed by atoms with Gasteiger partial charge in [0, 0.05) is 4.88 Å². The second kappa shape index (κ2) is 4.72. The molecule has 0 bridgehead atoms. The average Bonchev–Trinajstić information content (AvgIpc) is 2.76. The Morgan fingerprint density at radius 1 is 1.41 bits per heavy atom. The van der Waals surface area contributed by atoms with Crippen molar-refractivity contribution in [3.63, 3.8) is 0 Å². The molecule has 90 valence electrons. The number of nitrogens with two attached hydrogens (primary N) is 1. The largest absolute Gasteiger partial charge is 0.316 e. The highest BCUT2D eigenvalue weighted by molar-refractivity contribution is 7.16. The molecule has 0 aromatic carbocycles. The molecule has 0 aliphatic heterocycles. The summed E-state index contributed by atoms with van der Waals surface area (Å²) in [6, 6.07) is 6.69. The van der Waals surface area contributed by atoms with Gasteiger partial charge in [-0.05, 0) is 30.7 Å². The highest BCUT2D eigenvalue weighted by Gasteiger charge is 2.30. The molecular formula is C12H12ClFN2S. The van der Waals surface area contributed by atoms with E-state index < -0.39 is 5.54 Å². The topological polar surface area (TPSA) is 38.9 Å². The van der Waals surface area contributed by atoms with E-state index in [0.717, 1.165) is 4.88 Å². The van der Waals surface area contributed by atoms with Crippen molar-refractivity contribution >= 4 is 22.9 Å². The highest BCUT2D eigenvalue weighted by Crippen LogP contribution is 2.35. The first kappa shape index (κ1) is 12.5. The first-order valence-electron chi connectivity index (χ1n) is 5.23. The lowest BCUT2D eigenvalue weighted by Gasteiger charge is -2.26. The van der Waals surface area contributed by atoms with Gasteiger partial charge >= 0.3 is 0 Å². The highest BCUT2D eigenvalue weighted by atomic mass is 35.5. The second-order valence-electron chi connectivity index (χ2n) is 3.79. The van der Waals surface area contributed by atoms with Crippen LogP contribution in [-0.2, 0) is 5.54 Å². The van der Waals surface area contributed by atoms with Gasteiger partial charge < -0.3 is 5.73 Å². The van der Waals surface area contributed by atoms with Gasteiger partial charge in [0.25, 0.3) is 0 Å². The van der Waals surface area contributed by atoms with Crippen LogP contribution < -0.4 is 5.73 Å². The SMILES string of the molecule is CCC(N)(c1ccc(F)cn1)c1ccc(Cl)s1. The van der Waals surface area contributed by atoms with Crippen LogP contribution in [0.4, 0.5) is 4.39 Å². The van der Waals surface area contributed by atoms with Crippen LogP contribution in [0.15, 0.2) is 30.5 Å². The number of hydrogen-bond donors (Lipinski definition) is 1. The van der Waals surface area contributed by atoms with Gasteiger partial charge in [-0.25, -0.2) is 4.39 Å². The molecule has 0 aliphatic carbocycles. The smallest absolute Gasteiger partial charge is 0.141 e. The number of hydrogen-bond acceptors (Lipinski definition) is 3. The maximum Gasteiger partial charge on any atom is 0.141 e. The van der Waals surface area contributed by atoms with Crippen molar-refractivity contribution < 1.29 is 4.39 Å². The second-order valence-corrected chi connectivity index (χ2v) is 5.51. The van der Waals surface area contributed by atoms with E-state index in [4.69, 9.17) is 17.3 Å². The Bertz CT molecular complexity index is 511. The lowest BCUT2D eigenvalue weighted by molar-refractivity contribution is 0.508. The van der Waals surface area contributed by atoms with Crippen LogP contribution in [0, 0.1) is 5.82 Å². The van der Waals surface area contributed by atoms with Crippen molar-refractivity contribution in [1.29, 1.82) is 0 Å². The van der Waals surface area contributed by atoms with Crippen molar-refractivity contribution in [2.75, 3.05) is 0 Å². The van der Waals surface area contributed by atoms with Gasteiger partial charge in [0.05, 0.1) is 21.8 Å². The Kier molecular flexibility index (Phi) is 3.47. The molecule has 0 amide bonds. The normalized spacial score (nSPS) is 14.6. The minimum Gasteiger partial charge on any atom is -0.316 e. The fraction of sp³-hybridized carbons (Fsp3) is 0.250. The lowest BCUT2D eigenvalue weighted by atomic mass is 9.91. The molecule has 2 N–H and O–H groups in total. The van der Waals surface area contributed by atoms with Gasteiger partial charge in [0.1, 0.15) is 5.82 Å². The third-order valence-electron chi connectivity index (χ3n) is 2.76. The molecule has 0 spiro atoms. The average molecular weight is 271 g/mol. The zero-order chi connectivity index (χ0) is 12.5. The van der Waals surface area contributed by atoms with Gasteiger partial charge in [0.15, 0.2) is 0 Å². The number of nitrogens with zero attached hydrogens (tertiary/aromatic N) is 1. The van der Waals surface area contributed by atoms with Crippen molar-refractivity contribution in [3.05, 3.63) is 51.2 Å². The molecule has 5 heteroatoms. The number of thiophene rings is 1. The quantitative estimate of drug-likeness (QED) is 0.926. The summed E-state index contributed by atoms with van der Waals surface area (Å²) in [6.45, 7) is 1.97. The van der Waals surface area contributed by atoms with Crippen LogP contribution >= 0.6 is 22.9 Å². The predicted molar refractivity (Wildman–Crippen MR) is 68.8 cm³/mol. The van der Waals surface area contributed by atoms with Gasteiger partial charge in [-0.1, -0.05) is 18.5 Å². The summed E-state index contributed by atoms with van der Waals surface area (Å²) in [5, 5.41) is 0. The fourth-order valence-electron chi connectivity index (χ4n) is 1.68. The van der Waals surface area contributed by atoms with Crippen LogP contribution in [0.1, 0.15) is 23.9 Å². The molecule has 0 saturated carbocycles. The summed E-state index contributed by atoms with van der Waals surface area (Å²) in [5.74, 6) is -0.364. The number of pyridine rings is 1. The predicted octanol–water partition coefficient (Wildman–Crippen LogP) is 3.55. The number of rotatable bonds is 3. The van der Waals surface area contributed by atoms with Gasteiger partial charge in [-0.2, -0.15) is 0 Å². The van der Waals surface area contributed by atoms with E-state index in [1.165, 1.54) is 23.6 Å². The van der Waals surface area contributed by atoms with Crippen molar-refractivity contribution in [1.82, 2.24) is 4.98 Å². The molecule has 0 fully saturated rings. The molecule has 2 rings (SSSR count). The fourth-order valence-corrected chi connectivity index (χ4v) is 2.90. The van der Waals surface area contributed by atoms with E-state index in [-0.39, 0.29) is 5.82 Å². The Morgan fingerprint density at radius 2 is 2.18 bits per heavy atom. The van der Waals surface area contributed by atoms with Crippen molar-refractivity contribution in [3.8, 4) is 0 Å². The van der Waals surface area contributed by atoms with Crippen LogP contribution in [0.5, 0.6) is 0 Å². The molecule has 0 aliphatic rings. The van der Waals surface area contributed by atoms with Gasteiger partial charge in [-0.15, -0.1) is 11.3 Å². The summed E-state index contributed by atoms with van der Waals surface area (Å²) >= 11 is 7.34. The summed E-state index contributed by atoms with van der Waals surface area (Å²) < 4.78 is 13.5. The van der Waals surface area contributed by atoms with Crippen LogP contribution in [0.2, 0.25) is 4.34 Å². The summed E-state index contributed by atoms with van der Waals surface area (Å²) in [6.07, 6.45) is 1.85. The van der Waals surface area contributed by atoms with Gasteiger partial charge in [0.2, 0.25) is 0 Å². The molecule has 2 aromatic heterocycles. The molecule has 1 atom stereocenters. The standard InChI is InChI=1S/C12H12ClFN2S/c1-2-12(15,10-5-6-11(13)17-10)9-4-3-8(14)7-16-9/h3-7H,2,15H2,1H3. The molecule has 1 unspecified atom stereocenters. The molecule has 0 radical (unpaired) electrons. The molecule has 0 saturated heterocycles. The maximum absolute atomic E-state index is 12.9. The monoisotopic (exact) mass is 270 g/mol. The Morgan fingerprint density at radius 3 is 2.65 bits per heavy atom. The zero-order valence-electron chi connectivity index (χ0n) is 9.28. The third-order valence-corrected chi connectivity index (χ3v) is 4.16. The molecule has 2 aromatic rings. The van der Waals surface area contributed by atoms with E-state index >= 15 is 0 Å². The zero-order valence-corrected chi connectivity index (χ0v) is 10.9. The minimum absolute atomic E-state index is 0.364. The molecule has 17 heavy (non-hydrogen) atoms. The van der Waals surface area contributed by atoms with Crippen molar-refractivity contribution in [2.45, 2.75) is 18.9 Å². The van der Waals surface area contributed by atoms with Crippen LogP contribution in [0.3, 0.4) is 0 Å². The van der Waals surface area contributed by atoms with E-state index in [0.29, 0.717) is 16.5 Å². The lowest BCUT2D eigenvalue weighted by Crippen LogP contribution is -2.37. The minimum atomic E-state index is -0.703. The van der Waals surface area contributed by atoms with E-state index in [2.05, 4.69) is 4.98 Å². The van der Waals surface area contributed by atoms with E-state index in [1.54, 1.807) is 6.07 Å². The molecule has 2 heterocycles. The number of halogens is 2. The first-order chi connectivity index (χ1) is 8.06. The van der Waals surface area contributed by atoms with Crippen LogP contribution in [0.25, 0.3) is 0 Å². The van der Waals surface area contributed by atoms with E-state index in [1.807, 2.05) is 19.1 Å². The van der Waals surface area contributed by atoms with Crippen LogP contribution in [-0.4, -0.2) is 4.98 Å². The summed E-state index contributed by atoms with van der Waals surface area (Å²) in [4.78, 5) is 5.00.